The molecule has 3 amide bonds. The predicted molar refractivity (Wildman–Crippen MR) is 148 cm³/mol. The maximum atomic E-state index is 14.3. The number of nitrogens with zero attached hydrogens (tertiary/aromatic N) is 1. The fourth-order valence-corrected chi connectivity index (χ4v) is 4.11. The van der Waals surface area contributed by atoms with Crippen LogP contribution in [0.15, 0.2) is 54.6 Å². The van der Waals surface area contributed by atoms with Crippen LogP contribution in [0.4, 0.5) is 4.79 Å². The summed E-state index contributed by atoms with van der Waals surface area (Å²) in [6.07, 6.45) is -0.108. The summed E-state index contributed by atoms with van der Waals surface area (Å²) in [5.41, 5.74) is -0.404. The van der Waals surface area contributed by atoms with Gasteiger partial charge in [0.25, 0.3) is 0 Å². The molecule has 0 heterocycles. The lowest BCUT2D eigenvalue weighted by Gasteiger charge is -2.44. The highest BCUT2D eigenvalue weighted by atomic mass is 16.6. The minimum absolute atomic E-state index is 0.102. The number of benzene rings is 2. The number of hydrogen-bond donors (Lipinski definition) is 3. The number of aromatic hydroxyl groups is 1. The Morgan fingerprint density at radius 1 is 0.947 bits per heavy atom. The fraction of sp³-hybridized carbons (Fsp3) is 0.500. The van der Waals surface area contributed by atoms with Gasteiger partial charge in [0.05, 0.1) is 0 Å². The normalized spacial score (nSPS) is 14.1. The third kappa shape index (κ3) is 8.50. The van der Waals surface area contributed by atoms with Crippen molar-refractivity contribution in [1.29, 1.82) is 0 Å². The summed E-state index contributed by atoms with van der Waals surface area (Å²) < 4.78 is 5.44. The third-order valence-electron chi connectivity index (χ3n) is 6.16. The van der Waals surface area contributed by atoms with Crippen molar-refractivity contribution < 1.29 is 24.2 Å². The molecule has 0 saturated heterocycles. The lowest BCUT2D eigenvalue weighted by Crippen LogP contribution is -2.60. The molecule has 0 aliphatic rings. The van der Waals surface area contributed by atoms with Crippen molar-refractivity contribution in [3.63, 3.8) is 0 Å². The van der Waals surface area contributed by atoms with E-state index in [-0.39, 0.29) is 18.2 Å². The lowest BCUT2D eigenvalue weighted by atomic mass is 9.91. The first-order valence-corrected chi connectivity index (χ1v) is 13.1. The zero-order valence-electron chi connectivity index (χ0n) is 23.9. The zero-order valence-corrected chi connectivity index (χ0v) is 23.9. The molecule has 0 spiro atoms. The van der Waals surface area contributed by atoms with Crippen LogP contribution in [0, 0.1) is 5.92 Å². The fourth-order valence-electron chi connectivity index (χ4n) is 4.11. The molecule has 0 aromatic heterocycles. The van der Waals surface area contributed by atoms with Gasteiger partial charge in [-0.2, -0.15) is 0 Å². The first kappa shape index (κ1) is 30.7. The number of rotatable bonds is 9. The molecule has 38 heavy (non-hydrogen) atoms. The van der Waals surface area contributed by atoms with E-state index in [2.05, 4.69) is 10.6 Å². The van der Waals surface area contributed by atoms with Crippen molar-refractivity contribution in [2.24, 2.45) is 5.92 Å². The molecule has 0 aliphatic heterocycles. The van der Waals surface area contributed by atoms with Crippen LogP contribution in [0.25, 0.3) is 0 Å². The molecule has 8 heteroatoms. The Balaban J connectivity index is 2.55. The van der Waals surface area contributed by atoms with Gasteiger partial charge in [-0.05, 0) is 59.1 Å². The summed E-state index contributed by atoms with van der Waals surface area (Å²) in [5, 5.41) is 16.4. The Morgan fingerprint density at radius 3 is 2.05 bits per heavy atom. The number of carbonyl (C=O) groups excluding carboxylic acids is 3. The molecular formula is C30H43N3O5. The first-order valence-electron chi connectivity index (χ1n) is 13.1. The SMILES string of the molecule is CCC(C)C(NC(=O)OC(C)(C)C)C(=O)N(C(C(=O)NCc1ccccc1)c1ccccc1O)C(C)(C)C. The van der Waals surface area contributed by atoms with Crippen LogP contribution < -0.4 is 10.6 Å². The van der Waals surface area contributed by atoms with Gasteiger partial charge in [0.1, 0.15) is 23.4 Å². The van der Waals surface area contributed by atoms with Gasteiger partial charge in [-0.1, -0.05) is 68.8 Å². The number of hydrogen-bond acceptors (Lipinski definition) is 5. The molecule has 3 unspecified atom stereocenters. The lowest BCUT2D eigenvalue weighted by molar-refractivity contribution is -0.149. The van der Waals surface area contributed by atoms with Gasteiger partial charge in [0.15, 0.2) is 0 Å². The van der Waals surface area contributed by atoms with Gasteiger partial charge in [0, 0.05) is 17.6 Å². The van der Waals surface area contributed by atoms with E-state index >= 15 is 0 Å². The quantitative estimate of drug-likeness (QED) is 0.411. The number of ether oxygens (including phenoxy) is 1. The third-order valence-corrected chi connectivity index (χ3v) is 6.16. The van der Waals surface area contributed by atoms with Crippen LogP contribution in [0.1, 0.15) is 79.0 Å². The second-order valence-corrected chi connectivity index (χ2v) is 11.6. The Kier molecular flexibility index (Phi) is 10.3. The summed E-state index contributed by atoms with van der Waals surface area (Å²) in [5.74, 6) is -1.24. The van der Waals surface area contributed by atoms with Crippen LogP contribution in [0.2, 0.25) is 0 Å². The molecule has 208 valence electrons. The van der Waals surface area contributed by atoms with Crippen molar-refractivity contribution in [1.82, 2.24) is 15.5 Å². The van der Waals surface area contributed by atoms with Crippen LogP contribution in [0.3, 0.4) is 0 Å². The van der Waals surface area contributed by atoms with Gasteiger partial charge in [0.2, 0.25) is 11.8 Å². The molecule has 2 aromatic carbocycles. The highest BCUT2D eigenvalue weighted by molar-refractivity contribution is 5.93. The topological polar surface area (TPSA) is 108 Å². The van der Waals surface area contributed by atoms with E-state index in [9.17, 15) is 19.5 Å². The van der Waals surface area contributed by atoms with E-state index < -0.39 is 41.1 Å². The number of carbonyl (C=O) groups is 3. The molecule has 2 rings (SSSR count). The Hall–Kier alpha value is -3.55. The molecule has 8 nitrogen and oxygen atoms in total. The summed E-state index contributed by atoms with van der Waals surface area (Å²) in [6.45, 7) is 14.8. The molecule has 0 saturated carbocycles. The van der Waals surface area contributed by atoms with E-state index in [1.54, 1.807) is 39.0 Å². The van der Waals surface area contributed by atoms with Crippen LogP contribution >= 0.6 is 0 Å². The van der Waals surface area contributed by atoms with E-state index in [0.717, 1.165) is 5.56 Å². The van der Waals surface area contributed by atoms with Crippen molar-refractivity contribution in [2.45, 2.75) is 91.6 Å². The minimum Gasteiger partial charge on any atom is -0.508 e. The molecule has 3 N–H and O–H groups in total. The Labute approximate surface area is 226 Å². The van der Waals surface area contributed by atoms with Crippen LogP contribution in [-0.2, 0) is 20.9 Å². The number of amides is 3. The van der Waals surface area contributed by atoms with Crippen molar-refractivity contribution in [3.8, 4) is 5.75 Å². The van der Waals surface area contributed by atoms with Gasteiger partial charge in [-0.15, -0.1) is 0 Å². The average molecular weight is 526 g/mol. The molecule has 2 aromatic rings. The number of nitrogens with one attached hydrogen (secondary N) is 2. The summed E-state index contributed by atoms with van der Waals surface area (Å²) in [6, 6.07) is 13.8. The van der Waals surface area contributed by atoms with Gasteiger partial charge in [-0.3, -0.25) is 9.59 Å². The van der Waals surface area contributed by atoms with E-state index in [4.69, 9.17) is 4.74 Å². The van der Waals surface area contributed by atoms with Crippen molar-refractivity contribution in [3.05, 3.63) is 65.7 Å². The summed E-state index contributed by atoms with van der Waals surface area (Å²) in [4.78, 5) is 42.3. The van der Waals surface area contributed by atoms with E-state index in [1.165, 1.54) is 11.0 Å². The molecule has 0 aliphatic carbocycles. The maximum absolute atomic E-state index is 14.3. The molecule has 0 radical (unpaired) electrons. The smallest absolute Gasteiger partial charge is 0.408 e. The minimum atomic E-state index is -1.15. The average Bonchev–Trinajstić information content (AvgIpc) is 2.83. The van der Waals surface area contributed by atoms with Crippen molar-refractivity contribution >= 4 is 17.9 Å². The molecule has 0 fully saturated rings. The number of phenolic OH excluding ortho intramolecular Hbond substituents is 1. The van der Waals surface area contributed by atoms with Crippen LogP contribution in [-0.4, -0.2) is 45.1 Å². The van der Waals surface area contributed by atoms with E-state index in [0.29, 0.717) is 12.0 Å². The van der Waals surface area contributed by atoms with Crippen molar-refractivity contribution in [2.75, 3.05) is 0 Å². The van der Waals surface area contributed by atoms with Gasteiger partial charge < -0.3 is 25.4 Å². The highest BCUT2D eigenvalue weighted by Crippen LogP contribution is 2.35. The van der Waals surface area contributed by atoms with Gasteiger partial charge in [-0.25, -0.2) is 4.79 Å². The second kappa shape index (κ2) is 12.8. The van der Waals surface area contributed by atoms with Gasteiger partial charge >= 0.3 is 6.09 Å². The molecule has 0 bridgehead atoms. The number of para-hydroxylation sites is 1. The largest absolute Gasteiger partial charge is 0.508 e. The van der Waals surface area contributed by atoms with E-state index in [1.807, 2.05) is 65.0 Å². The Bertz CT molecular complexity index is 1090. The maximum Gasteiger partial charge on any atom is 0.408 e. The van der Waals surface area contributed by atoms with Crippen LogP contribution in [0.5, 0.6) is 5.75 Å². The second-order valence-electron chi connectivity index (χ2n) is 11.6. The highest BCUT2D eigenvalue weighted by Gasteiger charge is 2.43. The standard InChI is InChI=1S/C30H43N3O5/c1-9-20(2)24(32-28(37)38-30(6,7)8)27(36)33(29(3,4)5)25(22-17-13-14-18-23(22)34)26(35)31-19-21-15-11-10-12-16-21/h10-18,20,24-25,34H,9,19H2,1-8H3,(H,31,35)(H,32,37). The number of alkyl carbamates (subject to hydrolysis) is 1. The number of phenols is 1. The Morgan fingerprint density at radius 2 is 1.53 bits per heavy atom. The molecular weight excluding hydrogens is 482 g/mol. The monoisotopic (exact) mass is 525 g/mol. The first-order chi connectivity index (χ1) is 17.7. The summed E-state index contributed by atoms with van der Waals surface area (Å²) >= 11 is 0. The summed E-state index contributed by atoms with van der Waals surface area (Å²) in [7, 11) is 0. The molecule has 3 atom stereocenters. The zero-order chi connectivity index (χ0) is 28.7. The predicted octanol–water partition coefficient (Wildman–Crippen LogP) is 5.32.